The van der Waals surface area contributed by atoms with E-state index in [1.807, 2.05) is 41.3 Å². The van der Waals surface area contributed by atoms with Gasteiger partial charge in [0.15, 0.2) is 0 Å². The molecule has 2 aromatic carbocycles. The minimum atomic E-state index is -0.261. The van der Waals surface area contributed by atoms with E-state index in [0.717, 1.165) is 28.3 Å². The predicted molar refractivity (Wildman–Crippen MR) is 135 cm³/mol. The summed E-state index contributed by atoms with van der Waals surface area (Å²) in [5, 5.41) is 4.76. The van der Waals surface area contributed by atoms with Crippen molar-refractivity contribution in [2.45, 2.75) is 13.5 Å². The standard InChI is InChI=1S/C27H27FN6O2/c1-19-14-21(8-9-22(19)28)24-15-23(20-6-4-3-5-7-20)31-34(24)17-27(35)33-12-10-32(11-13-33)25-16-26(36-2)30-18-29-25/h3-9,14-16,18H,10-13,17H2,1-2H3. The highest BCUT2D eigenvalue weighted by molar-refractivity contribution is 5.78. The summed E-state index contributed by atoms with van der Waals surface area (Å²) in [6, 6.07) is 18.5. The molecule has 1 fully saturated rings. The Kier molecular flexibility index (Phi) is 6.62. The lowest BCUT2D eigenvalue weighted by atomic mass is 10.1. The number of amides is 1. The molecular weight excluding hydrogens is 459 g/mol. The number of methoxy groups -OCH3 is 1. The highest BCUT2D eigenvalue weighted by Crippen LogP contribution is 2.28. The van der Waals surface area contributed by atoms with E-state index in [1.54, 1.807) is 36.9 Å². The summed E-state index contributed by atoms with van der Waals surface area (Å²) in [4.78, 5) is 25.6. The average molecular weight is 487 g/mol. The maximum atomic E-state index is 13.9. The molecule has 5 rings (SSSR count). The zero-order chi connectivity index (χ0) is 25.1. The van der Waals surface area contributed by atoms with Gasteiger partial charge in [0.25, 0.3) is 0 Å². The zero-order valence-corrected chi connectivity index (χ0v) is 20.3. The SMILES string of the molecule is COc1cc(N2CCN(C(=O)Cn3nc(-c4ccccc4)cc3-c3ccc(F)c(C)c3)CC2)ncn1. The summed E-state index contributed by atoms with van der Waals surface area (Å²) >= 11 is 0. The van der Waals surface area contributed by atoms with E-state index < -0.39 is 0 Å². The molecule has 36 heavy (non-hydrogen) atoms. The number of nitrogens with zero attached hydrogens (tertiary/aromatic N) is 6. The topological polar surface area (TPSA) is 76.4 Å². The highest BCUT2D eigenvalue weighted by Gasteiger charge is 2.24. The van der Waals surface area contributed by atoms with Crippen LogP contribution in [-0.4, -0.2) is 63.8 Å². The van der Waals surface area contributed by atoms with Crippen LogP contribution < -0.4 is 9.64 Å². The molecule has 1 aliphatic rings. The number of ether oxygens (including phenoxy) is 1. The van der Waals surface area contributed by atoms with Crippen LogP contribution in [0, 0.1) is 12.7 Å². The third kappa shape index (κ3) is 4.91. The number of anilines is 1. The maximum Gasteiger partial charge on any atom is 0.244 e. The smallest absolute Gasteiger partial charge is 0.244 e. The molecule has 2 aromatic heterocycles. The van der Waals surface area contributed by atoms with Gasteiger partial charge in [0.2, 0.25) is 11.8 Å². The second kappa shape index (κ2) is 10.2. The Bertz CT molecular complexity index is 1370. The van der Waals surface area contributed by atoms with Crippen LogP contribution in [0.2, 0.25) is 0 Å². The molecule has 0 radical (unpaired) electrons. The van der Waals surface area contributed by atoms with Crippen molar-refractivity contribution in [3.8, 4) is 28.4 Å². The Hall–Kier alpha value is -4.27. The van der Waals surface area contributed by atoms with Crippen molar-refractivity contribution < 1.29 is 13.9 Å². The normalized spacial score (nSPS) is 13.6. The van der Waals surface area contributed by atoms with Gasteiger partial charge in [0.05, 0.1) is 18.5 Å². The molecule has 0 N–H and O–H groups in total. The molecule has 0 aliphatic carbocycles. The molecule has 0 saturated carbocycles. The third-order valence-electron chi connectivity index (χ3n) is 6.38. The fourth-order valence-corrected chi connectivity index (χ4v) is 4.35. The van der Waals surface area contributed by atoms with Crippen LogP contribution in [0.25, 0.3) is 22.5 Å². The summed E-state index contributed by atoms with van der Waals surface area (Å²) in [5.74, 6) is 1.01. The van der Waals surface area contributed by atoms with Crippen molar-refractivity contribution in [2.75, 3.05) is 38.2 Å². The lowest BCUT2D eigenvalue weighted by Gasteiger charge is -2.35. The monoisotopic (exact) mass is 486 g/mol. The van der Waals surface area contributed by atoms with Crippen LogP contribution in [0.4, 0.5) is 10.2 Å². The second-order valence-electron chi connectivity index (χ2n) is 8.69. The van der Waals surface area contributed by atoms with E-state index in [1.165, 1.54) is 12.4 Å². The van der Waals surface area contributed by atoms with Gasteiger partial charge < -0.3 is 14.5 Å². The first-order valence-electron chi connectivity index (χ1n) is 11.8. The largest absolute Gasteiger partial charge is 0.481 e. The number of hydrogen-bond acceptors (Lipinski definition) is 6. The predicted octanol–water partition coefficient (Wildman–Crippen LogP) is 3.81. The Balaban J connectivity index is 1.35. The lowest BCUT2D eigenvalue weighted by molar-refractivity contribution is -0.132. The molecule has 1 saturated heterocycles. The third-order valence-corrected chi connectivity index (χ3v) is 6.38. The first-order chi connectivity index (χ1) is 17.5. The van der Waals surface area contributed by atoms with E-state index in [0.29, 0.717) is 37.6 Å². The number of carbonyl (C=O) groups is 1. The van der Waals surface area contributed by atoms with Crippen molar-refractivity contribution in [3.63, 3.8) is 0 Å². The van der Waals surface area contributed by atoms with Gasteiger partial charge in [-0.05, 0) is 36.8 Å². The fraction of sp³-hybridized carbons (Fsp3) is 0.259. The molecular formula is C27H27FN6O2. The van der Waals surface area contributed by atoms with Gasteiger partial charge in [-0.25, -0.2) is 14.4 Å². The van der Waals surface area contributed by atoms with Crippen LogP contribution in [0.15, 0.2) is 67.0 Å². The van der Waals surface area contributed by atoms with E-state index in [9.17, 15) is 9.18 Å². The molecule has 9 heteroatoms. The van der Waals surface area contributed by atoms with E-state index in [2.05, 4.69) is 14.9 Å². The molecule has 0 bridgehead atoms. The van der Waals surface area contributed by atoms with Crippen molar-refractivity contribution in [1.82, 2.24) is 24.6 Å². The molecule has 184 valence electrons. The summed E-state index contributed by atoms with van der Waals surface area (Å²) in [6.45, 7) is 4.29. The number of carbonyl (C=O) groups excluding carboxylic acids is 1. The van der Waals surface area contributed by atoms with Crippen LogP contribution in [0.3, 0.4) is 0 Å². The molecule has 8 nitrogen and oxygen atoms in total. The Morgan fingerprint density at radius 3 is 2.47 bits per heavy atom. The van der Waals surface area contributed by atoms with Gasteiger partial charge in [0.1, 0.15) is 24.5 Å². The second-order valence-corrected chi connectivity index (χ2v) is 8.69. The van der Waals surface area contributed by atoms with Gasteiger partial charge in [0, 0.05) is 43.4 Å². The van der Waals surface area contributed by atoms with E-state index in [4.69, 9.17) is 9.84 Å². The fourth-order valence-electron chi connectivity index (χ4n) is 4.35. The Morgan fingerprint density at radius 2 is 1.75 bits per heavy atom. The maximum absolute atomic E-state index is 13.9. The first-order valence-corrected chi connectivity index (χ1v) is 11.8. The van der Waals surface area contributed by atoms with Crippen molar-refractivity contribution in [2.24, 2.45) is 0 Å². The summed E-state index contributed by atoms with van der Waals surface area (Å²) in [6.07, 6.45) is 1.48. The lowest BCUT2D eigenvalue weighted by Crippen LogP contribution is -2.50. The summed E-state index contributed by atoms with van der Waals surface area (Å²) in [5.41, 5.74) is 3.86. The molecule has 1 amide bonds. The van der Waals surface area contributed by atoms with Crippen molar-refractivity contribution >= 4 is 11.7 Å². The Morgan fingerprint density at radius 1 is 0.972 bits per heavy atom. The van der Waals surface area contributed by atoms with E-state index in [-0.39, 0.29) is 18.3 Å². The van der Waals surface area contributed by atoms with Gasteiger partial charge in [-0.15, -0.1) is 0 Å². The van der Waals surface area contributed by atoms with E-state index >= 15 is 0 Å². The Labute approximate surface area is 209 Å². The number of benzene rings is 2. The number of hydrogen-bond donors (Lipinski definition) is 0. The van der Waals surface area contributed by atoms with Gasteiger partial charge >= 0.3 is 0 Å². The number of aromatic nitrogens is 4. The molecule has 0 spiro atoms. The molecule has 3 heterocycles. The first kappa shape index (κ1) is 23.5. The van der Waals surface area contributed by atoms with Gasteiger partial charge in [-0.3, -0.25) is 9.48 Å². The highest BCUT2D eigenvalue weighted by atomic mass is 19.1. The number of rotatable bonds is 6. The number of piperazine rings is 1. The number of halogens is 1. The summed E-state index contributed by atoms with van der Waals surface area (Å²) in [7, 11) is 1.57. The minimum Gasteiger partial charge on any atom is -0.481 e. The van der Waals surface area contributed by atoms with Crippen molar-refractivity contribution in [1.29, 1.82) is 0 Å². The minimum absolute atomic E-state index is 0.0160. The molecule has 1 aliphatic heterocycles. The average Bonchev–Trinajstić information content (AvgIpc) is 3.34. The zero-order valence-electron chi connectivity index (χ0n) is 20.3. The van der Waals surface area contributed by atoms with Crippen LogP contribution >= 0.6 is 0 Å². The van der Waals surface area contributed by atoms with Crippen LogP contribution in [0.1, 0.15) is 5.56 Å². The van der Waals surface area contributed by atoms with Gasteiger partial charge in [-0.2, -0.15) is 5.10 Å². The molecule has 4 aromatic rings. The quantitative estimate of drug-likeness (QED) is 0.413. The molecule has 0 unspecified atom stereocenters. The number of aryl methyl sites for hydroxylation is 1. The van der Waals surface area contributed by atoms with Crippen LogP contribution in [-0.2, 0) is 11.3 Å². The molecule has 0 atom stereocenters. The van der Waals surface area contributed by atoms with Crippen molar-refractivity contribution in [3.05, 3.63) is 78.4 Å². The summed E-state index contributed by atoms with van der Waals surface area (Å²) < 4.78 is 20.8. The van der Waals surface area contributed by atoms with Gasteiger partial charge in [-0.1, -0.05) is 30.3 Å². The van der Waals surface area contributed by atoms with Crippen LogP contribution in [0.5, 0.6) is 5.88 Å².